The smallest absolute Gasteiger partial charge is 0.337 e. The van der Waals surface area contributed by atoms with Gasteiger partial charge in [-0.05, 0) is 36.4 Å². The van der Waals surface area contributed by atoms with Crippen molar-refractivity contribution in [2.24, 2.45) is 0 Å². The Labute approximate surface area is 139 Å². The monoisotopic (exact) mass is 316 g/mol. The summed E-state index contributed by atoms with van der Waals surface area (Å²) in [5, 5.41) is 2.14. The van der Waals surface area contributed by atoms with Crippen LogP contribution in [0.15, 0.2) is 79.1 Å². The number of ether oxygens (including phenoxy) is 1. The van der Waals surface area contributed by atoms with E-state index in [1.807, 2.05) is 48.7 Å². The Morgan fingerprint density at radius 2 is 1.42 bits per heavy atom. The number of pyridine rings is 2. The van der Waals surface area contributed by atoms with E-state index in [4.69, 9.17) is 0 Å². The molecular formula is C20H16N2O2. The largest absolute Gasteiger partial charge is 0.465 e. The lowest BCUT2D eigenvalue weighted by molar-refractivity contribution is 0.0601. The van der Waals surface area contributed by atoms with E-state index in [1.54, 1.807) is 18.3 Å². The first-order valence-corrected chi connectivity index (χ1v) is 7.51. The molecule has 0 aliphatic heterocycles. The molecule has 0 saturated heterocycles. The van der Waals surface area contributed by atoms with Crippen molar-refractivity contribution in [2.45, 2.75) is 0 Å². The molecule has 0 amide bonds. The zero-order chi connectivity index (χ0) is 16.8. The summed E-state index contributed by atoms with van der Waals surface area (Å²) in [5.74, 6) is -0.323. The van der Waals surface area contributed by atoms with Crippen LogP contribution >= 0.6 is 0 Å². The first-order valence-electron chi connectivity index (χ1n) is 7.51. The van der Waals surface area contributed by atoms with E-state index in [-0.39, 0.29) is 5.97 Å². The van der Waals surface area contributed by atoms with Crippen molar-refractivity contribution in [2.75, 3.05) is 7.11 Å². The number of methoxy groups -OCH3 is 1. The number of carbonyl (C=O) groups excluding carboxylic acids is 1. The third-order valence-corrected chi connectivity index (χ3v) is 3.54. The van der Waals surface area contributed by atoms with Crippen LogP contribution in [0.4, 0.5) is 0 Å². The number of rotatable bonds is 1. The molecule has 0 bridgehead atoms. The first-order chi connectivity index (χ1) is 11.8. The quantitative estimate of drug-likeness (QED) is 0.492. The molecule has 0 unspecified atom stereocenters. The normalized spacial score (nSPS) is 10.0. The number of hydrogen-bond acceptors (Lipinski definition) is 4. The minimum absolute atomic E-state index is 0.323. The highest BCUT2D eigenvalue weighted by molar-refractivity contribution is 5.94. The standard InChI is InChI=1S/C11H9NO2.C9H7N/c1-14-11(13)9-4-5-10-8(7-9)3-2-6-12-10;1-2-6-9-8(4-1)5-3-7-10-9/h2-7H,1H3;1-7H. The van der Waals surface area contributed by atoms with E-state index < -0.39 is 0 Å². The van der Waals surface area contributed by atoms with Gasteiger partial charge in [-0.15, -0.1) is 0 Å². The molecule has 0 aliphatic rings. The summed E-state index contributed by atoms with van der Waals surface area (Å²) < 4.78 is 4.63. The third kappa shape index (κ3) is 3.55. The number of nitrogens with zero attached hydrogens (tertiary/aromatic N) is 2. The molecule has 0 radical (unpaired) electrons. The first kappa shape index (κ1) is 15.6. The highest BCUT2D eigenvalue weighted by Gasteiger charge is 2.05. The molecule has 0 atom stereocenters. The second kappa shape index (κ2) is 7.33. The van der Waals surface area contributed by atoms with Crippen molar-refractivity contribution in [3.63, 3.8) is 0 Å². The van der Waals surface area contributed by atoms with Crippen molar-refractivity contribution in [1.29, 1.82) is 0 Å². The zero-order valence-electron chi connectivity index (χ0n) is 13.2. The van der Waals surface area contributed by atoms with Gasteiger partial charge in [0.25, 0.3) is 0 Å². The van der Waals surface area contributed by atoms with Crippen LogP contribution < -0.4 is 0 Å². The second-order valence-corrected chi connectivity index (χ2v) is 5.10. The van der Waals surface area contributed by atoms with E-state index >= 15 is 0 Å². The van der Waals surface area contributed by atoms with Gasteiger partial charge in [-0.25, -0.2) is 4.79 Å². The summed E-state index contributed by atoms with van der Waals surface area (Å²) >= 11 is 0. The second-order valence-electron chi connectivity index (χ2n) is 5.10. The van der Waals surface area contributed by atoms with Crippen LogP contribution in [0.3, 0.4) is 0 Å². The SMILES string of the molecule is COC(=O)c1ccc2ncccc2c1.c1ccc2ncccc2c1. The molecule has 4 aromatic rings. The minimum Gasteiger partial charge on any atom is -0.465 e. The lowest BCUT2D eigenvalue weighted by Crippen LogP contribution is -2.00. The Kier molecular flexibility index (Phi) is 4.77. The summed E-state index contributed by atoms with van der Waals surface area (Å²) in [6.45, 7) is 0. The molecule has 4 heteroatoms. The molecule has 2 heterocycles. The molecule has 24 heavy (non-hydrogen) atoms. The molecule has 0 N–H and O–H groups in total. The van der Waals surface area contributed by atoms with E-state index in [0.717, 1.165) is 16.4 Å². The van der Waals surface area contributed by atoms with E-state index in [1.165, 1.54) is 12.5 Å². The topological polar surface area (TPSA) is 52.1 Å². The third-order valence-electron chi connectivity index (χ3n) is 3.54. The minimum atomic E-state index is -0.323. The number of benzene rings is 2. The molecule has 4 rings (SSSR count). The van der Waals surface area contributed by atoms with Crippen molar-refractivity contribution in [1.82, 2.24) is 9.97 Å². The van der Waals surface area contributed by atoms with Crippen LogP contribution in [0.1, 0.15) is 10.4 Å². The highest BCUT2D eigenvalue weighted by atomic mass is 16.5. The van der Waals surface area contributed by atoms with Gasteiger partial charge in [0, 0.05) is 23.2 Å². The molecule has 2 aromatic carbocycles. The van der Waals surface area contributed by atoms with Gasteiger partial charge >= 0.3 is 5.97 Å². The summed E-state index contributed by atoms with van der Waals surface area (Å²) in [4.78, 5) is 19.6. The number of hydrogen-bond donors (Lipinski definition) is 0. The zero-order valence-corrected chi connectivity index (χ0v) is 13.2. The molecule has 0 aliphatic carbocycles. The van der Waals surface area contributed by atoms with Crippen LogP contribution in [-0.2, 0) is 4.74 Å². The van der Waals surface area contributed by atoms with Crippen molar-refractivity contribution in [3.8, 4) is 0 Å². The van der Waals surface area contributed by atoms with Gasteiger partial charge < -0.3 is 4.74 Å². The molecule has 0 spiro atoms. The van der Waals surface area contributed by atoms with E-state index in [2.05, 4.69) is 26.8 Å². The Bertz CT molecular complexity index is 918. The number of esters is 1. The average molecular weight is 316 g/mol. The summed E-state index contributed by atoms with van der Waals surface area (Å²) in [6.07, 6.45) is 3.53. The molecule has 0 saturated carbocycles. The van der Waals surface area contributed by atoms with Crippen LogP contribution in [0.5, 0.6) is 0 Å². The average Bonchev–Trinajstić information content (AvgIpc) is 2.67. The molecule has 118 valence electrons. The Balaban J connectivity index is 0.000000149. The molecule has 2 aromatic heterocycles. The molecular weight excluding hydrogens is 300 g/mol. The van der Waals surface area contributed by atoms with E-state index in [0.29, 0.717) is 5.56 Å². The fourth-order valence-electron chi connectivity index (χ4n) is 2.34. The van der Waals surface area contributed by atoms with Crippen LogP contribution in [0, 0.1) is 0 Å². The maximum absolute atomic E-state index is 11.2. The Morgan fingerprint density at radius 1 is 0.792 bits per heavy atom. The van der Waals surface area contributed by atoms with Crippen LogP contribution in [0.2, 0.25) is 0 Å². The predicted octanol–water partition coefficient (Wildman–Crippen LogP) is 4.26. The van der Waals surface area contributed by atoms with Gasteiger partial charge in [0.15, 0.2) is 0 Å². The van der Waals surface area contributed by atoms with Crippen LogP contribution in [-0.4, -0.2) is 23.0 Å². The van der Waals surface area contributed by atoms with E-state index in [9.17, 15) is 4.79 Å². The summed E-state index contributed by atoms with van der Waals surface area (Å²) in [7, 11) is 1.37. The van der Waals surface area contributed by atoms with Crippen molar-refractivity contribution < 1.29 is 9.53 Å². The van der Waals surface area contributed by atoms with Gasteiger partial charge in [0.2, 0.25) is 0 Å². The van der Waals surface area contributed by atoms with Gasteiger partial charge in [0.05, 0.1) is 23.7 Å². The number of aromatic nitrogens is 2. The van der Waals surface area contributed by atoms with Gasteiger partial charge in [-0.1, -0.05) is 30.3 Å². The fraction of sp³-hybridized carbons (Fsp3) is 0.0500. The lowest BCUT2D eigenvalue weighted by atomic mass is 10.1. The van der Waals surface area contributed by atoms with Crippen LogP contribution in [0.25, 0.3) is 21.8 Å². The number of carbonyl (C=O) groups is 1. The summed E-state index contributed by atoms with van der Waals surface area (Å²) in [6, 6.07) is 21.1. The molecule has 0 fully saturated rings. The van der Waals surface area contributed by atoms with Gasteiger partial charge in [0.1, 0.15) is 0 Å². The van der Waals surface area contributed by atoms with Crippen molar-refractivity contribution >= 4 is 27.8 Å². The molecule has 4 nitrogen and oxygen atoms in total. The van der Waals surface area contributed by atoms with Gasteiger partial charge in [-0.2, -0.15) is 0 Å². The fourth-order valence-corrected chi connectivity index (χ4v) is 2.34. The highest BCUT2D eigenvalue weighted by Crippen LogP contribution is 2.13. The maximum Gasteiger partial charge on any atom is 0.337 e. The van der Waals surface area contributed by atoms with Crippen molar-refractivity contribution in [3.05, 3.63) is 84.7 Å². The lowest BCUT2D eigenvalue weighted by Gasteiger charge is -2.00. The van der Waals surface area contributed by atoms with Gasteiger partial charge in [-0.3, -0.25) is 9.97 Å². The maximum atomic E-state index is 11.2. The summed E-state index contributed by atoms with van der Waals surface area (Å²) in [5.41, 5.74) is 2.48. The number of para-hydroxylation sites is 1. The predicted molar refractivity (Wildman–Crippen MR) is 94.8 cm³/mol. The Hall–Kier alpha value is -3.27. The Morgan fingerprint density at radius 3 is 2.12 bits per heavy atom. The number of fused-ring (bicyclic) bond motifs is 2.